The van der Waals surface area contributed by atoms with Crippen molar-refractivity contribution >= 4 is 6.47 Å². The minimum absolute atomic E-state index is 0.162. The molecule has 1 fully saturated rings. The maximum atomic E-state index is 9.68. The van der Waals surface area contributed by atoms with E-state index in [1.54, 1.807) is 0 Å². The largest absolute Gasteiger partial charge is 0.465 e. The lowest BCUT2D eigenvalue weighted by atomic mass is 10.2. The lowest BCUT2D eigenvalue weighted by molar-refractivity contribution is -0.131. The van der Waals surface area contributed by atoms with Crippen LogP contribution in [-0.2, 0) is 14.3 Å². The van der Waals surface area contributed by atoms with Gasteiger partial charge in [-0.2, -0.15) is 0 Å². The van der Waals surface area contributed by atoms with Crippen molar-refractivity contribution in [2.75, 3.05) is 13.2 Å². The zero-order valence-electron chi connectivity index (χ0n) is 5.21. The number of ether oxygens (including phenoxy) is 2. The summed E-state index contributed by atoms with van der Waals surface area (Å²) in [7, 11) is 0. The fourth-order valence-corrected chi connectivity index (χ4v) is 0.922. The van der Waals surface area contributed by atoms with Gasteiger partial charge < -0.3 is 9.47 Å². The molecule has 3 heteroatoms. The highest BCUT2D eigenvalue weighted by Gasteiger charge is 2.14. The molecule has 0 N–H and O–H groups in total. The van der Waals surface area contributed by atoms with Gasteiger partial charge in [-0.1, -0.05) is 0 Å². The molecule has 0 aromatic carbocycles. The second-order valence-electron chi connectivity index (χ2n) is 2.06. The van der Waals surface area contributed by atoms with Crippen LogP contribution in [0.2, 0.25) is 0 Å². The molecule has 1 saturated heterocycles. The van der Waals surface area contributed by atoms with E-state index in [4.69, 9.17) is 4.74 Å². The number of rotatable bonds is 3. The molecule has 0 bridgehead atoms. The Morgan fingerprint density at radius 3 is 3.22 bits per heavy atom. The molecule has 1 rings (SSSR count). The van der Waals surface area contributed by atoms with Crippen molar-refractivity contribution in [3.63, 3.8) is 0 Å². The molecular weight excluding hydrogens is 120 g/mol. The normalized spacial score (nSPS) is 26.0. The third-order valence-corrected chi connectivity index (χ3v) is 1.37. The topological polar surface area (TPSA) is 35.5 Å². The van der Waals surface area contributed by atoms with Gasteiger partial charge in [0.05, 0.1) is 6.10 Å². The van der Waals surface area contributed by atoms with E-state index in [1.807, 2.05) is 0 Å². The van der Waals surface area contributed by atoms with E-state index in [0.29, 0.717) is 13.1 Å². The highest BCUT2D eigenvalue weighted by Crippen LogP contribution is 2.11. The quantitative estimate of drug-likeness (QED) is 0.517. The summed E-state index contributed by atoms with van der Waals surface area (Å²) < 4.78 is 9.68. The van der Waals surface area contributed by atoms with Gasteiger partial charge >= 0.3 is 0 Å². The Labute approximate surface area is 53.9 Å². The summed E-state index contributed by atoms with van der Waals surface area (Å²) in [6.07, 6.45) is 2.27. The average molecular weight is 130 g/mol. The van der Waals surface area contributed by atoms with E-state index in [1.165, 1.54) is 0 Å². The molecule has 52 valence electrons. The maximum Gasteiger partial charge on any atom is 0.293 e. The number of carbonyl (C=O) groups is 1. The second kappa shape index (κ2) is 3.45. The Morgan fingerprint density at radius 1 is 1.78 bits per heavy atom. The van der Waals surface area contributed by atoms with Gasteiger partial charge in [-0.15, -0.1) is 0 Å². The van der Waals surface area contributed by atoms with Gasteiger partial charge in [-0.05, 0) is 12.8 Å². The van der Waals surface area contributed by atoms with Crippen molar-refractivity contribution < 1.29 is 14.3 Å². The van der Waals surface area contributed by atoms with Crippen molar-refractivity contribution in [3.05, 3.63) is 0 Å². The van der Waals surface area contributed by atoms with Crippen LogP contribution in [0.3, 0.4) is 0 Å². The minimum atomic E-state index is 0.162. The van der Waals surface area contributed by atoms with Crippen LogP contribution in [-0.4, -0.2) is 25.8 Å². The molecule has 0 aromatic rings. The smallest absolute Gasteiger partial charge is 0.293 e. The highest BCUT2D eigenvalue weighted by atomic mass is 16.6. The summed E-state index contributed by atoms with van der Waals surface area (Å²) in [6.45, 7) is 1.69. The standard InChI is InChI=1S/C6H10O3/c7-5-8-4-6-2-1-3-9-6/h5-6H,1-4H2. The van der Waals surface area contributed by atoms with Gasteiger partial charge in [0.2, 0.25) is 0 Å². The van der Waals surface area contributed by atoms with E-state index in [-0.39, 0.29) is 6.10 Å². The lowest BCUT2D eigenvalue weighted by Crippen LogP contribution is -2.12. The summed E-state index contributed by atoms with van der Waals surface area (Å²) in [5.41, 5.74) is 0. The summed E-state index contributed by atoms with van der Waals surface area (Å²) in [6, 6.07) is 0. The Kier molecular flexibility index (Phi) is 2.51. The molecule has 0 spiro atoms. The van der Waals surface area contributed by atoms with Crippen molar-refractivity contribution in [3.8, 4) is 0 Å². The van der Waals surface area contributed by atoms with Crippen LogP contribution < -0.4 is 0 Å². The Bertz CT molecular complexity index is 86.3. The van der Waals surface area contributed by atoms with E-state index >= 15 is 0 Å². The van der Waals surface area contributed by atoms with Crippen LogP contribution in [0.5, 0.6) is 0 Å². The zero-order valence-corrected chi connectivity index (χ0v) is 5.21. The first-order valence-electron chi connectivity index (χ1n) is 3.10. The van der Waals surface area contributed by atoms with Gasteiger partial charge in [0.15, 0.2) is 0 Å². The summed E-state index contributed by atoms with van der Waals surface area (Å²) in [5, 5.41) is 0. The van der Waals surface area contributed by atoms with Gasteiger partial charge in [-0.3, -0.25) is 4.79 Å². The molecular formula is C6H10O3. The number of hydrogen-bond acceptors (Lipinski definition) is 3. The fourth-order valence-electron chi connectivity index (χ4n) is 0.922. The Balaban J connectivity index is 2.04. The molecule has 0 aliphatic carbocycles. The zero-order chi connectivity index (χ0) is 6.53. The van der Waals surface area contributed by atoms with Crippen LogP contribution in [0.15, 0.2) is 0 Å². The molecule has 1 aliphatic rings. The summed E-state index contributed by atoms with van der Waals surface area (Å²) in [5.74, 6) is 0. The fraction of sp³-hybridized carbons (Fsp3) is 0.833. The van der Waals surface area contributed by atoms with Crippen molar-refractivity contribution in [2.24, 2.45) is 0 Å². The molecule has 3 nitrogen and oxygen atoms in total. The van der Waals surface area contributed by atoms with Gasteiger partial charge in [0.25, 0.3) is 6.47 Å². The van der Waals surface area contributed by atoms with Crippen LogP contribution in [0.25, 0.3) is 0 Å². The molecule has 9 heavy (non-hydrogen) atoms. The Morgan fingerprint density at radius 2 is 2.67 bits per heavy atom. The third kappa shape index (κ3) is 2.01. The molecule has 1 unspecified atom stereocenters. The molecule has 0 amide bonds. The molecule has 0 aromatic heterocycles. The Hall–Kier alpha value is -0.570. The predicted molar refractivity (Wildman–Crippen MR) is 31.0 cm³/mol. The monoisotopic (exact) mass is 130 g/mol. The molecule has 1 heterocycles. The minimum Gasteiger partial charge on any atom is -0.465 e. The number of hydrogen-bond donors (Lipinski definition) is 0. The highest BCUT2D eigenvalue weighted by molar-refractivity contribution is 5.36. The van der Waals surface area contributed by atoms with Crippen LogP contribution in [0, 0.1) is 0 Å². The van der Waals surface area contributed by atoms with Crippen LogP contribution in [0.4, 0.5) is 0 Å². The van der Waals surface area contributed by atoms with Gasteiger partial charge in [0, 0.05) is 6.61 Å². The molecule has 1 aliphatic heterocycles. The second-order valence-corrected chi connectivity index (χ2v) is 2.06. The molecule has 0 radical (unpaired) electrons. The SMILES string of the molecule is O=COCC1CCCO1. The summed E-state index contributed by atoms with van der Waals surface area (Å²) >= 11 is 0. The number of carbonyl (C=O) groups excluding carboxylic acids is 1. The van der Waals surface area contributed by atoms with E-state index in [2.05, 4.69) is 4.74 Å². The van der Waals surface area contributed by atoms with Crippen molar-refractivity contribution in [2.45, 2.75) is 18.9 Å². The van der Waals surface area contributed by atoms with E-state index in [0.717, 1.165) is 19.4 Å². The molecule has 1 atom stereocenters. The maximum absolute atomic E-state index is 9.68. The summed E-state index contributed by atoms with van der Waals surface area (Å²) in [4.78, 5) is 9.68. The molecule has 0 saturated carbocycles. The first kappa shape index (κ1) is 6.55. The first-order valence-corrected chi connectivity index (χ1v) is 3.10. The van der Waals surface area contributed by atoms with Crippen LogP contribution >= 0.6 is 0 Å². The van der Waals surface area contributed by atoms with E-state index in [9.17, 15) is 4.79 Å². The van der Waals surface area contributed by atoms with Crippen molar-refractivity contribution in [1.29, 1.82) is 0 Å². The lowest BCUT2D eigenvalue weighted by Gasteiger charge is -2.05. The van der Waals surface area contributed by atoms with Crippen LogP contribution in [0.1, 0.15) is 12.8 Å². The van der Waals surface area contributed by atoms with Gasteiger partial charge in [-0.25, -0.2) is 0 Å². The van der Waals surface area contributed by atoms with Gasteiger partial charge in [0.1, 0.15) is 6.61 Å². The third-order valence-electron chi connectivity index (χ3n) is 1.37. The average Bonchev–Trinajstić information content (AvgIpc) is 2.34. The van der Waals surface area contributed by atoms with Crippen molar-refractivity contribution in [1.82, 2.24) is 0 Å². The first-order chi connectivity index (χ1) is 4.43. The predicted octanol–water partition coefficient (Wildman–Crippen LogP) is 0.338. The van der Waals surface area contributed by atoms with E-state index < -0.39 is 0 Å².